The van der Waals surface area contributed by atoms with Crippen molar-refractivity contribution < 1.29 is 8.78 Å². The molecule has 2 N–H and O–H groups in total. The van der Waals surface area contributed by atoms with Crippen LogP contribution in [0.3, 0.4) is 0 Å². The van der Waals surface area contributed by atoms with Crippen LogP contribution in [-0.4, -0.2) is 0 Å². The SMILES string of the molecule is CC(N)(C#N)c1cc(F)c(F)cc1Cl. The number of halogens is 3. The van der Waals surface area contributed by atoms with Gasteiger partial charge < -0.3 is 5.73 Å². The van der Waals surface area contributed by atoms with E-state index in [4.69, 9.17) is 22.6 Å². The number of hydrogen-bond acceptors (Lipinski definition) is 2. The van der Waals surface area contributed by atoms with Crippen molar-refractivity contribution in [2.75, 3.05) is 0 Å². The summed E-state index contributed by atoms with van der Waals surface area (Å²) in [6.45, 7) is 1.37. The molecule has 0 bridgehead atoms. The van der Waals surface area contributed by atoms with E-state index in [1.807, 2.05) is 0 Å². The Balaban J connectivity index is 3.38. The molecule has 1 atom stereocenters. The van der Waals surface area contributed by atoms with Crippen LogP contribution in [0.15, 0.2) is 12.1 Å². The monoisotopic (exact) mass is 216 g/mol. The van der Waals surface area contributed by atoms with Gasteiger partial charge >= 0.3 is 0 Å². The third kappa shape index (κ3) is 1.84. The van der Waals surface area contributed by atoms with Crippen LogP contribution in [0.2, 0.25) is 5.02 Å². The highest BCUT2D eigenvalue weighted by molar-refractivity contribution is 6.31. The average Bonchev–Trinajstić information content (AvgIpc) is 2.11. The highest BCUT2D eigenvalue weighted by atomic mass is 35.5. The molecule has 0 heterocycles. The second kappa shape index (κ2) is 3.52. The minimum atomic E-state index is -1.42. The fourth-order valence-electron chi connectivity index (χ4n) is 0.981. The van der Waals surface area contributed by atoms with E-state index in [9.17, 15) is 8.78 Å². The van der Waals surface area contributed by atoms with Crippen molar-refractivity contribution in [3.05, 3.63) is 34.4 Å². The summed E-state index contributed by atoms with van der Waals surface area (Å²) in [5.41, 5.74) is 4.17. The van der Waals surface area contributed by atoms with Gasteiger partial charge in [0.05, 0.1) is 6.07 Å². The molecule has 1 aromatic carbocycles. The number of rotatable bonds is 1. The van der Waals surface area contributed by atoms with Crippen LogP contribution in [0.25, 0.3) is 0 Å². The van der Waals surface area contributed by atoms with E-state index in [1.165, 1.54) is 6.92 Å². The predicted molar refractivity (Wildman–Crippen MR) is 48.5 cm³/mol. The van der Waals surface area contributed by atoms with Crippen molar-refractivity contribution >= 4 is 11.6 Å². The predicted octanol–water partition coefficient (Wildman–Crippen LogP) is 2.32. The lowest BCUT2D eigenvalue weighted by molar-refractivity contribution is 0.502. The minimum Gasteiger partial charge on any atom is -0.310 e. The fraction of sp³-hybridized carbons (Fsp3) is 0.222. The number of benzene rings is 1. The molecule has 0 spiro atoms. The molecule has 1 rings (SSSR count). The van der Waals surface area contributed by atoms with Crippen LogP contribution in [0.1, 0.15) is 12.5 Å². The summed E-state index contributed by atoms with van der Waals surface area (Å²) in [6, 6.07) is 3.38. The van der Waals surface area contributed by atoms with Crippen molar-refractivity contribution in [2.24, 2.45) is 5.73 Å². The zero-order valence-corrected chi connectivity index (χ0v) is 8.07. The molecule has 0 saturated heterocycles. The van der Waals surface area contributed by atoms with Crippen molar-refractivity contribution in [3.63, 3.8) is 0 Å². The average molecular weight is 217 g/mol. The lowest BCUT2D eigenvalue weighted by atomic mass is 9.95. The molecule has 5 heteroatoms. The van der Waals surface area contributed by atoms with E-state index in [0.717, 1.165) is 12.1 Å². The van der Waals surface area contributed by atoms with Gasteiger partial charge in [0.1, 0.15) is 5.54 Å². The quantitative estimate of drug-likeness (QED) is 0.733. The number of nitriles is 1. The standard InChI is InChI=1S/C9H7ClF2N2/c1-9(14,4-13)5-2-7(11)8(12)3-6(5)10/h2-3H,14H2,1H3. The van der Waals surface area contributed by atoms with Gasteiger partial charge in [-0.1, -0.05) is 11.6 Å². The Hall–Kier alpha value is -1.18. The van der Waals surface area contributed by atoms with Crippen molar-refractivity contribution in [3.8, 4) is 6.07 Å². The van der Waals surface area contributed by atoms with Gasteiger partial charge in [-0.3, -0.25) is 0 Å². The maximum absolute atomic E-state index is 12.8. The van der Waals surface area contributed by atoms with Crippen LogP contribution in [0.4, 0.5) is 8.78 Å². The Kier molecular flexibility index (Phi) is 2.74. The van der Waals surface area contributed by atoms with E-state index in [0.29, 0.717) is 0 Å². The molecule has 0 saturated carbocycles. The molecular weight excluding hydrogens is 210 g/mol. The third-order valence-corrected chi connectivity index (χ3v) is 2.11. The first kappa shape index (κ1) is 10.9. The second-order valence-corrected chi connectivity index (χ2v) is 3.47. The maximum atomic E-state index is 12.8. The summed E-state index contributed by atoms with van der Waals surface area (Å²) in [4.78, 5) is 0. The third-order valence-electron chi connectivity index (χ3n) is 1.80. The second-order valence-electron chi connectivity index (χ2n) is 3.06. The van der Waals surface area contributed by atoms with Gasteiger partial charge in [0.15, 0.2) is 11.6 Å². The molecular formula is C9H7ClF2N2. The van der Waals surface area contributed by atoms with Crippen molar-refractivity contribution in [1.82, 2.24) is 0 Å². The molecule has 14 heavy (non-hydrogen) atoms. The molecule has 74 valence electrons. The lowest BCUT2D eigenvalue weighted by Gasteiger charge is -2.17. The summed E-state index contributed by atoms with van der Waals surface area (Å²) in [5, 5.41) is 8.62. The first-order chi connectivity index (χ1) is 6.38. The molecule has 0 aliphatic carbocycles. The van der Waals surface area contributed by atoms with Crippen LogP contribution >= 0.6 is 11.6 Å². The Bertz CT molecular complexity index is 410. The van der Waals surface area contributed by atoms with Gasteiger partial charge in [-0.25, -0.2) is 8.78 Å². The molecule has 1 unspecified atom stereocenters. The van der Waals surface area contributed by atoms with E-state index >= 15 is 0 Å². The maximum Gasteiger partial charge on any atom is 0.160 e. The van der Waals surface area contributed by atoms with Crippen LogP contribution in [0, 0.1) is 23.0 Å². The fourth-order valence-corrected chi connectivity index (χ4v) is 1.33. The highest BCUT2D eigenvalue weighted by Gasteiger charge is 2.25. The van der Waals surface area contributed by atoms with Gasteiger partial charge in [0, 0.05) is 10.6 Å². The largest absolute Gasteiger partial charge is 0.310 e. The normalized spacial score (nSPS) is 14.6. The van der Waals surface area contributed by atoms with E-state index in [2.05, 4.69) is 0 Å². The van der Waals surface area contributed by atoms with E-state index in [-0.39, 0.29) is 10.6 Å². The van der Waals surface area contributed by atoms with Crippen LogP contribution < -0.4 is 5.73 Å². The molecule has 0 fully saturated rings. The first-order valence-electron chi connectivity index (χ1n) is 3.73. The van der Waals surface area contributed by atoms with Crippen molar-refractivity contribution in [1.29, 1.82) is 5.26 Å². The Morgan fingerprint density at radius 2 is 1.93 bits per heavy atom. The zero-order valence-electron chi connectivity index (χ0n) is 7.31. The molecule has 2 nitrogen and oxygen atoms in total. The van der Waals surface area contributed by atoms with Gasteiger partial charge in [-0.2, -0.15) is 5.26 Å². The summed E-state index contributed by atoms with van der Waals surface area (Å²) in [7, 11) is 0. The summed E-state index contributed by atoms with van der Waals surface area (Å²) >= 11 is 5.63. The van der Waals surface area contributed by atoms with Crippen LogP contribution in [0.5, 0.6) is 0 Å². The van der Waals surface area contributed by atoms with E-state index in [1.54, 1.807) is 6.07 Å². The van der Waals surface area contributed by atoms with Gasteiger partial charge in [-0.15, -0.1) is 0 Å². The molecule has 1 aromatic rings. The van der Waals surface area contributed by atoms with Gasteiger partial charge in [0.2, 0.25) is 0 Å². The zero-order chi connectivity index (χ0) is 10.9. The molecule has 0 aliphatic heterocycles. The molecule has 0 aliphatic rings. The van der Waals surface area contributed by atoms with Crippen molar-refractivity contribution in [2.45, 2.75) is 12.5 Å². The number of nitrogens with two attached hydrogens (primary N) is 1. The minimum absolute atomic E-state index is 0.0598. The highest BCUT2D eigenvalue weighted by Crippen LogP contribution is 2.27. The molecule has 0 aromatic heterocycles. The topological polar surface area (TPSA) is 49.8 Å². The molecule has 0 radical (unpaired) electrons. The van der Waals surface area contributed by atoms with Gasteiger partial charge in [0.25, 0.3) is 0 Å². The Labute approximate surface area is 84.9 Å². The summed E-state index contributed by atoms with van der Waals surface area (Å²) in [6.07, 6.45) is 0. The van der Waals surface area contributed by atoms with Crippen LogP contribution in [-0.2, 0) is 5.54 Å². The Morgan fingerprint density at radius 3 is 2.43 bits per heavy atom. The Morgan fingerprint density at radius 1 is 1.43 bits per heavy atom. The molecule has 0 amide bonds. The van der Waals surface area contributed by atoms with Gasteiger partial charge in [-0.05, 0) is 19.1 Å². The number of nitrogens with zero attached hydrogens (tertiary/aromatic N) is 1. The summed E-state index contributed by atoms with van der Waals surface area (Å²) < 4.78 is 25.5. The number of hydrogen-bond donors (Lipinski definition) is 1. The summed E-state index contributed by atoms with van der Waals surface area (Å²) in [5.74, 6) is -2.14. The first-order valence-corrected chi connectivity index (χ1v) is 4.11. The smallest absolute Gasteiger partial charge is 0.160 e. The lowest BCUT2D eigenvalue weighted by Crippen LogP contribution is -2.31. The van der Waals surface area contributed by atoms with E-state index < -0.39 is 17.2 Å².